The molecule has 5 nitrogen and oxygen atoms in total. The minimum absolute atomic E-state index is 0.142. The van der Waals surface area contributed by atoms with Gasteiger partial charge in [0.15, 0.2) is 0 Å². The first-order chi connectivity index (χ1) is 8.75. The van der Waals surface area contributed by atoms with Crippen LogP contribution in [0.3, 0.4) is 0 Å². The molecule has 0 unspecified atom stereocenters. The number of rotatable bonds is 3. The minimum Gasteiger partial charge on any atom is -0.468 e. The summed E-state index contributed by atoms with van der Waals surface area (Å²) in [5.41, 5.74) is 3.97. The van der Waals surface area contributed by atoms with E-state index in [9.17, 15) is 22.8 Å². The van der Waals surface area contributed by atoms with Crippen LogP contribution in [0.5, 0.6) is 0 Å². The Bertz CT molecular complexity index is 500. The number of hydrogen-bond acceptors (Lipinski definition) is 4. The van der Waals surface area contributed by atoms with E-state index in [-0.39, 0.29) is 11.3 Å². The fraction of sp³-hybridized carbons (Fsp3) is 0.273. The quantitative estimate of drug-likeness (QED) is 0.642. The molecule has 0 fully saturated rings. The number of benzene rings is 1. The summed E-state index contributed by atoms with van der Waals surface area (Å²) in [6.07, 6.45) is -4.53. The van der Waals surface area contributed by atoms with E-state index in [0.717, 1.165) is 19.2 Å². The molecule has 1 aromatic rings. The van der Waals surface area contributed by atoms with Crippen LogP contribution < -0.4 is 11.1 Å². The van der Waals surface area contributed by atoms with Crippen LogP contribution in [0.4, 0.5) is 18.9 Å². The van der Waals surface area contributed by atoms with E-state index in [1.54, 1.807) is 0 Å². The topological polar surface area (TPSA) is 81.4 Å². The molecule has 1 aromatic carbocycles. The van der Waals surface area contributed by atoms with Crippen LogP contribution in [0.25, 0.3) is 0 Å². The predicted molar refractivity (Wildman–Crippen MR) is 60.2 cm³/mol. The van der Waals surface area contributed by atoms with Gasteiger partial charge in [-0.1, -0.05) is 0 Å². The van der Waals surface area contributed by atoms with E-state index in [1.807, 2.05) is 0 Å². The molecular formula is C11H11F3N2O3. The number of hydrogen-bond donors (Lipinski definition) is 2. The van der Waals surface area contributed by atoms with Gasteiger partial charge in [0.25, 0.3) is 5.91 Å². The first-order valence-electron chi connectivity index (χ1n) is 5.07. The van der Waals surface area contributed by atoms with Gasteiger partial charge in [-0.25, -0.2) is 0 Å². The molecule has 0 aliphatic heterocycles. The number of esters is 1. The molecule has 0 bridgehead atoms. The van der Waals surface area contributed by atoms with Gasteiger partial charge in [0.2, 0.25) is 0 Å². The van der Waals surface area contributed by atoms with Crippen LogP contribution in [-0.2, 0) is 15.7 Å². The van der Waals surface area contributed by atoms with E-state index in [0.29, 0.717) is 6.07 Å². The fourth-order valence-electron chi connectivity index (χ4n) is 1.27. The van der Waals surface area contributed by atoms with Gasteiger partial charge < -0.3 is 15.8 Å². The molecule has 0 aliphatic carbocycles. The Labute approximate surface area is 106 Å². The molecule has 1 amide bonds. The number of nitrogen functional groups attached to an aromatic ring is 1. The Morgan fingerprint density at radius 1 is 1.37 bits per heavy atom. The van der Waals surface area contributed by atoms with Gasteiger partial charge in [-0.3, -0.25) is 9.59 Å². The fourth-order valence-corrected chi connectivity index (χ4v) is 1.27. The SMILES string of the molecule is COC(=O)CNC(=O)c1ccc(C(F)(F)F)cc1N. The van der Waals surface area contributed by atoms with Crippen molar-refractivity contribution >= 4 is 17.6 Å². The Kier molecular flexibility index (Phi) is 4.36. The molecule has 19 heavy (non-hydrogen) atoms. The minimum atomic E-state index is -4.53. The number of carbonyl (C=O) groups is 2. The van der Waals surface area contributed by atoms with Gasteiger partial charge in [-0.15, -0.1) is 0 Å². The van der Waals surface area contributed by atoms with Crippen LogP contribution in [0.2, 0.25) is 0 Å². The summed E-state index contributed by atoms with van der Waals surface area (Å²) >= 11 is 0. The molecule has 1 rings (SSSR count). The van der Waals surface area contributed by atoms with E-state index in [1.165, 1.54) is 0 Å². The number of halogens is 3. The normalized spacial score (nSPS) is 10.9. The summed E-state index contributed by atoms with van der Waals surface area (Å²) < 4.78 is 41.4. The average Bonchev–Trinajstić information content (AvgIpc) is 2.34. The van der Waals surface area contributed by atoms with Gasteiger partial charge in [0, 0.05) is 5.69 Å². The molecule has 0 saturated heterocycles. The molecule has 0 spiro atoms. The molecule has 0 atom stereocenters. The van der Waals surface area contributed by atoms with E-state index in [2.05, 4.69) is 10.1 Å². The van der Waals surface area contributed by atoms with Crippen LogP contribution in [0.1, 0.15) is 15.9 Å². The number of amides is 1. The Morgan fingerprint density at radius 3 is 2.47 bits per heavy atom. The maximum absolute atomic E-state index is 12.4. The lowest BCUT2D eigenvalue weighted by atomic mass is 10.1. The van der Waals surface area contributed by atoms with E-state index < -0.39 is 30.2 Å². The number of carbonyl (C=O) groups excluding carboxylic acids is 2. The molecule has 8 heteroatoms. The number of nitrogens with two attached hydrogens (primary N) is 1. The Morgan fingerprint density at radius 2 is 2.00 bits per heavy atom. The highest BCUT2D eigenvalue weighted by molar-refractivity contribution is 6.00. The van der Waals surface area contributed by atoms with Crippen molar-refractivity contribution in [1.29, 1.82) is 0 Å². The second-order valence-electron chi connectivity index (χ2n) is 3.56. The summed E-state index contributed by atoms with van der Waals surface area (Å²) in [6.45, 7) is -0.393. The van der Waals surface area contributed by atoms with Crippen LogP contribution >= 0.6 is 0 Å². The molecule has 0 aliphatic rings. The summed E-state index contributed by atoms with van der Waals surface area (Å²) in [5, 5.41) is 2.17. The number of nitrogens with one attached hydrogen (secondary N) is 1. The zero-order valence-corrected chi connectivity index (χ0v) is 9.88. The third kappa shape index (κ3) is 3.87. The van der Waals surface area contributed by atoms with Crippen LogP contribution in [0.15, 0.2) is 18.2 Å². The predicted octanol–water partition coefficient (Wildman–Crippen LogP) is 1.19. The smallest absolute Gasteiger partial charge is 0.416 e. The van der Waals surface area contributed by atoms with Crippen molar-refractivity contribution in [3.8, 4) is 0 Å². The highest BCUT2D eigenvalue weighted by atomic mass is 19.4. The van der Waals surface area contributed by atoms with Crippen molar-refractivity contribution in [2.75, 3.05) is 19.4 Å². The number of alkyl halides is 3. The third-order valence-corrected chi connectivity index (χ3v) is 2.24. The molecular weight excluding hydrogens is 265 g/mol. The van der Waals surface area contributed by atoms with Crippen molar-refractivity contribution in [1.82, 2.24) is 5.32 Å². The maximum Gasteiger partial charge on any atom is 0.416 e. The zero-order valence-electron chi connectivity index (χ0n) is 9.88. The van der Waals surface area contributed by atoms with Gasteiger partial charge >= 0.3 is 12.1 Å². The van der Waals surface area contributed by atoms with Crippen molar-refractivity contribution in [3.05, 3.63) is 29.3 Å². The number of ether oxygens (including phenoxy) is 1. The summed E-state index contributed by atoms with van der Waals surface area (Å²) in [5.74, 6) is -1.43. The van der Waals surface area contributed by atoms with Gasteiger partial charge in [0.05, 0.1) is 18.2 Å². The van der Waals surface area contributed by atoms with Crippen LogP contribution in [-0.4, -0.2) is 25.5 Å². The van der Waals surface area contributed by atoms with E-state index >= 15 is 0 Å². The van der Waals surface area contributed by atoms with Gasteiger partial charge in [0.1, 0.15) is 6.54 Å². The molecule has 0 saturated carbocycles. The highest BCUT2D eigenvalue weighted by Gasteiger charge is 2.31. The molecule has 0 heterocycles. The van der Waals surface area contributed by atoms with Crippen molar-refractivity contribution in [2.24, 2.45) is 0 Å². The largest absolute Gasteiger partial charge is 0.468 e. The number of methoxy groups -OCH3 is 1. The standard InChI is InChI=1S/C11H11F3N2O3/c1-19-9(17)5-16-10(18)7-3-2-6(4-8(7)15)11(12,13)14/h2-4H,5,15H2,1H3,(H,16,18). The van der Waals surface area contributed by atoms with Gasteiger partial charge in [-0.05, 0) is 18.2 Å². The summed E-state index contributed by atoms with van der Waals surface area (Å²) in [7, 11) is 1.14. The molecule has 3 N–H and O–H groups in total. The summed E-state index contributed by atoms with van der Waals surface area (Å²) in [4.78, 5) is 22.4. The molecule has 0 aromatic heterocycles. The van der Waals surface area contributed by atoms with Crippen molar-refractivity contribution in [3.63, 3.8) is 0 Å². The van der Waals surface area contributed by atoms with Gasteiger partial charge in [-0.2, -0.15) is 13.2 Å². The van der Waals surface area contributed by atoms with E-state index in [4.69, 9.17) is 5.73 Å². The highest BCUT2D eigenvalue weighted by Crippen LogP contribution is 2.31. The third-order valence-electron chi connectivity index (χ3n) is 2.24. The second kappa shape index (κ2) is 5.59. The summed E-state index contributed by atoms with van der Waals surface area (Å²) in [6, 6.07) is 2.35. The van der Waals surface area contributed by atoms with Crippen molar-refractivity contribution < 1.29 is 27.5 Å². The Hall–Kier alpha value is -2.25. The first kappa shape index (κ1) is 14.8. The second-order valence-corrected chi connectivity index (χ2v) is 3.56. The lowest BCUT2D eigenvalue weighted by Crippen LogP contribution is -2.30. The molecule has 0 radical (unpaired) electrons. The number of anilines is 1. The Balaban J connectivity index is 2.85. The lowest BCUT2D eigenvalue weighted by molar-refractivity contribution is -0.139. The molecule has 104 valence electrons. The van der Waals surface area contributed by atoms with Crippen LogP contribution in [0, 0.1) is 0 Å². The van der Waals surface area contributed by atoms with Crippen molar-refractivity contribution in [2.45, 2.75) is 6.18 Å². The first-order valence-corrected chi connectivity index (χ1v) is 5.07. The zero-order chi connectivity index (χ0) is 14.6. The monoisotopic (exact) mass is 276 g/mol. The maximum atomic E-state index is 12.4. The lowest BCUT2D eigenvalue weighted by Gasteiger charge is -2.10. The average molecular weight is 276 g/mol.